The second-order valence-corrected chi connectivity index (χ2v) is 9.74. The highest BCUT2D eigenvalue weighted by Gasteiger charge is 2.28. The van der Waals surface area contributed by atoms with E-state index in [1.54, 1.807) is 0 Å². The van der Waals surface area contributed by atoms with Crippen molar-refractivity contribution < 1.29 is 25.2 Å². The number of hydrogen-bond acceptors (Lipinski definition) is 5. The molecule has 0 saturated heterocycles. The van der Waals surface area contributed by atoms with Crippen molar-refractivity contribution in [1.29, 1.82) is 0 Å². The highest BCUT2D eigenvalue weighted by Crippen LogP contribution is 2.14. The van der Waals surface area contributed by atoms with Crippen LogP contribution in [0, 0.1) is 0 Å². The van der Waals surface area contributed by atoms with Crippen molar-refractivity contribution in [1.82, 2.24) is 5.32 Å². The second-order valence-electron chi connectivity index (χ2n) is 9.74. The van der Waals surface area contributed by atoms with E-state index in [1.807, 2.05) is 0 Å². The number of carbonyl (C=O) groups excluding carboxylic acids is 1. The molecule has 0 aromatic carbocycles. The Morgan fingerprint density at radius 2 is 1.21 bits per heavy atom. The summed E-state index contributed by atoms with van der Waals surface area (Å²) >= 11 is 0. The van der Waals surface area contributed by atoms with Crippen molar-refractivity contribution in [3.63, 3.8) is 0 Å². The average Bonchev–Trinajstić information content (AvgIpc) is 2.84. The molecule has 0 fully saturated rings. The van der Waals surface area contributed by atoms with Gasteiger partial charge in [-0.1, -0.05) is 109 Å². The molecule has 0 aliphatic carbocycles. The van der Waals surface area contributed by atoms with Crippen molar-refractivity contribution in [2.75, 3.05) is 6.61 Å². The van der Waals surface area contributed by atoms with E-state index < -0.39 is 36.9 Å². The van der Waals surface area contributed by atoms with Crippen LogP contribution in [0.4, 0.5) is 0 Å². The van der Waals surface area contributed by atoms with Crippen LogP contribution in [-0.2, 0) is 4.79 Å². The largest absolute Gasteiger partial charge is 0.394 e. The Balaban J connectivity index is 3.99. The minimum absolute atomic E-state index is 0.354. The second kappa shape index (κ2) is 23.8. The van der Waals surface area contributed by atoms with Gasteiger partial charge in [0.15, 0.2) is 0 Å². The van der Waals surface area contributed by atoms with Crippen LogP contribution >= 0.6 is 0 Å². The minimum Gasteiger partial charge on any atom is -0.394 e. The molecular formula is C28H55NO5. The maximum Gasteiger partial charge on any atom is 0.249 e. The molecule has 202 valence electrons. The third-order valence-electron chi connectivity index (χ3n) is 6.48. The Hall–Kier alpha value is -0.950. The number of aliphatic hydroxyl groups excluding tert-OH is 4. The van der Waals surface area contributed by atoms with Gasteiger partial charge in [-0.05, 0) is 32.1 Å². The van der Waals surface area contributed by atoms with Gasteiger partial charge in [-0.25, -0.2) is 0 Å². The van der Waals surface area contributed by atoms with Crippen molar-refractivity contribution in [2.45, 2.75) is 154 Å². The number of amides is 1. The van der Waals surface area contributed by atoms with Gasteiger partial charge in [0, 0.05) is 0 Å². The molecule has 6 nitrogen and oxygen atoms in total. The lowest BCUT2D eigenvalue weighted by Gasteiger charge is -2.27. The predicted octanol–water partition coefficient (Wildman–Crippen LogP) is 5.16. The molecule has 0 radical (unpaired) electrons. The molecule has 0 aliphatic rings. The van der Waals surface area contributed by atoms with E-state index in [0.29, 0.717) is 12.8 Å². The van der Waals surface area contributed by atoms with E-state index in [4.69, 9.17) is 0 Å². The summed E-state index contributed by atoms with van der Waals surface area (Å²) in [5.74, 6) is -0.601. The van der Waals surface area contributed by atoms with Gasteiger partial charge < -0.3 is 25.7 Å². The van der Waals surface area contributed by atoms with Crippen LogP contribution in [-0.4, -0.2) is 57.3 Å². The summed E-state index contributed by atoms with van der Waals surface area (Å²) in [4.78, 5) is 12.3. The smallest absolute Gasteiger partial charge is 0.249 e. The number of carbonyl (C=O) groups is 1. The molecule has 4 unspecified atom stereocenters. The third-order valence-corrected chi connectivity index (χ3v) is 6.48. The van der Waals surface area contributed by atoms with E-state index in [-0.39, 0.29) is 0 Å². The molecule has 6 heteroatoms. The topological polar surface area (TPSA) is 110 Å². The van der Waals surface area contributed by atoms with Gasteiger partial charge in [-0.3, -0.25) is 4.79 Å². The number of allylic oxidation sites excluding steroid dienone is 2. The maximum atomic E-state index is 12.3. The molecule has 34 heavy (non-hydrogen) atoms. The fourth-order valence-corrected chi connectivity index (χ4v) is 4.09. The maximum absolute atomic E-state index is 12.3. The summed E-state index contributed by atoms with van der Waals surface area (Å²) in [6.07, 6.45) is 19.6. The molecule has 0 aromatic heterocycles. The Labute approximate surface area is 209 Å². The van der Waals surface area contributed by atoms with Crippen LogP contribution < -0.4 is 5.32 Å². The van der Waals surface area contributed by atoms with Crippen molar-refractivity contribution in [3.8, 4) is 0 Å². The van der Waals surface area contributed by atoms with Gasteiger partial charge >= 0.3 is 0 Å². The van der Waals surface area contributed by atoms with E-state index in [2.05, 4.69) is 31.3 Å². The number of aliphatic hydroxyl groups is 4. The zero-order chi connectivity index (χ0) is 25.4. The van der Waals surface area contributed by atoms with Crippen molar-refractivity contribution in [2.24, 2.45) is 0 Å². The third kappa shape index (κ3) is 18.4. The predicted molar refractivity (Wildman–Crippen MR) is 141 cm³/mol. The summed E-state index contributed by atoms with van der Waals surface area (Å²) in [7, 11) is 0. The van der Waals surface area contributed by atoms with Gasteiger partial charge in [0.1, 0.15) is 12.2 Å². The van der Waals surface area contributed by atoms with E-state index >= 15 is 0 Å². The highest BCUT2D eigenvalue weighted by molar-refractivity contribution is 5.80. The monoisotopic (exact) mass is 485 g/mol. The molecular weight excluding hydrogens is 430 g/mol. The molecule has 4 atom stereocenters. The molecule has 1 amide bonds. The molecule has 0 bridgehead atoms. The summed E-state index contributed by atoms with van der Waals surface area (Å²) < 4.78 is 0. The van der Waals surface area contributed by atoms with Gasteiger partial charge in [0.05, 0.1) is 18.8 Å². The first-order chi connectivity index (χ1) is 16.5. The first-order valence-corrected chi connectivity index (χ1v) is 14.1. The lowest BCUT2D eigenvalue weighted by Crippen LogP contribution is -2.53. The fourth-order valence-electron chi connectivity index (χ4n) is 4.09. The number of rotatable bonds is 24. The number of hydrogen-bond donors (Lipinski definition) is 5. The average molecular weight is 486 g/mol. The van der Waals surface area contributed by atoms with Crippen LogP contribution in [0.5, 0.6) is 0 Å². The molecule has 0 spiro atoms. The summed E-state index contributed by atoms with van der Waals surface area (Å²) in [6, 6.07) is -0.981. The SMILES string of the molecule is CCCC/C=C\CCCCCCC(O)C(=O)NC(CO)C(O)C(O)CCCCCCCCCC. The van der Waals surface area contributed by atoms with Gasteiger partial charge in [-0.2, -0.15) is 0 Å². The molecule has 0 saturated carbocycles. The first-order valence-electron chi connectivity index (χ1n) is 14.1. The van der Waals surface area contributed by atoms with Crippen LogP contribution in [0.2, 0.25) is 0 Å². The number of unbranched alkanes of at least 4 members (excludes halogenated alkanes) is 13. The quantitative estimate of drug-likeness (QED) is 0.0957. The van der Waals surface area contributed by atoms with E-state index in [1.165, 1.54) is 44.9 Å². The lowest BCUT2D eigenvalue weighted by molar-refractivity contribution is -0.132. The van der Waals surface area contributed by atoms with E-state index in [9.17, 15) is 25.2 Å². The fraction of sp³-hybridized carbons (Fsp3) is 0.893. The molecule has 0 rings (SSSR count). The minimum atomic E-state index is -1.25. The molecule has 0 aromatic rings. The lowest BCUT2D eigenvalue weighted by atomic mass is 9.99. The van der Waals surface area contributed by atoms with Crippen LogP contribution in [0.25, 0.3) is 0 Å². The molecule has 0 heterocycles. The van der Waals surface area contributed by atoms with Gasteiger partial charge in [0.2, 0.25) is 5.91 Å². The van der Waals surface area contributed by atoms with Crippen LogP contribution in [0.3, 0.4) is 0 Å². The normalized spacial score (nSPS) is 15.4. The highest BCUT2D eigenvalue weighted by atomic mass is 16.3. The van der Waals surface area contributed by atoms with Crippen LogP contribution in [0.15, 0.2) is 12.2 Å². The first kappa shape index (κ1) is 33.0. The standard InChI is InChI=1S/C28H55NO5/c1-3-5-7-9-11-13-14-16-18-20-22-26(32)28(34)29-24(23-30)27(33)25(31)21-19-17-15-12-10-8-6-4-2/h9,11,24-27,30-33H,3-8,10,12-23H2,1-2H3,(H,29,34)/b11-9-. The zero-order valence-corrected chi connectivity index (χ0v) is 22.1. The summed E-state index contributed by atoms with van der Waals surface area (Å²) in [6.45, 7) is 3.91. The van der Waals surface area contributed by atoms with Gasteiger partial charge in [0.25, 0.3) is 0 Å². The van der Waals surface area contributed by atoms with Crippen molar-refractivity contribution in [3.05, 3.63) is 12.2 Å². The summed E-state index contributed by atoms with van der Waals surface area (Å²) in [5.41, 5.74) is 0. The van der Waals surface area contributed by atoms with Gasteiger partial charge in [-0.15, -0.1) is 0 Å². The molecule has 5 N–H and O–H groups in total. The van der Waals surface area contributed by atoms with E-state index in [0.717, 1.165) is 57.8 Å². The van der Waals surface area contributed by atoms with Crippen LogP contribution in [0.1, 0.15) is 129 Å². The van der Waals surface area contributed by atoms with Crippen molar-refractivity contribution >= 4 is 5.91 Å². The molecule has 0 aliphatic heterocycles. The summed E-state index contributed by atoms with van der Waals surface area (Å²) in [5, 5.41) is 42.8. The zero-order valence-electron chi connectivity index (χ0n) is 22.1. The Bertz CT molecular complexity index is 485. The Kier molecular flexibility index (Phi) is 23.1. The Morgan fingerprint density at radius 3 is 1.79 bits per heavy atom. The number of nitrogens with one attached hydrogen (secondary N) is 1. The Morgan fingerprint density at radius 1 is 0.706 bits per heavy atom.